The zero-order valence-corrected chi connectivity index (χ0v) is 10.5. The van der Waals surface area contributed by atoms with E-state index in [2.05, 4.69) is 16.9 Å². The highest BCUT2D eigenvalue weighted by Crippen LogP contribution is 2.12. The molecule has 0 aromatic rings. The molecule has 0 saturated carbocycles. The molecule has 84 valence electrons. The number of thioether (sulfide) groups is 1. The van der Waals surface area contributed by atoms with Crippen LogP contribution < -0.4 is 10.6 Å². The molecule has 0 rings (SSSR count). The smallest absolute Gasteiger partial charge is 0.226 e. The lowest BCUT2D eigenvalue weighted by atomic mass is 9.92. The average Bonchev–Trinajstić information content (AvgIpc) is 2.16. The summed E-state index contributed by atoms with van der Waals surface area (Å²) in [4.78, 5) is 11.4. The predicted octanol–water partition coefficient (Wildman–Crippen LogP) is 1.10. The van der Waals surface area contributed by atoms with Crippen LogP contribution in [-0.2, 0) is 4.79 Å². The van der Waals surface area contributed by atoms with Gasteiger partial charge in [0.1, 0.15) is 0 Å². The zero-order chi connectivity index (χ0) is 11.0. The molecule has 0 atom stereocenters. The topological polar surface area (TPSA) is 41.1 Å². The van der Waals surface area contributed by atoms with Crippen molar-refractivity contribution in [2.24, 2.45) is 5.41 Å². The van der Waals surface area contributed by atoms with Crippen molar-refractivity contribution < 1.29 is 4.79 Å². The number of carbonyl (C=O) groups excluding carboxylic acids is 1. The molecule has 1 amide bonds. The molecule has 0 unspecified atom stereocenters. The SMILES string of the molecule is CNC(=O)C(C)(C)CNCCCSC. The molecule has 2 N–H and O–H groups in total. The molecule has 0 fully saturated rings. The minimum absolute atomic E-state index is 0.0925. The summed E-state index contributed by atoms with van der Waals surface area (Å²) in [6.45, 7) is 5.63. The van der Waals surface area contributed by atoms with Crippen LogP contribution in [0.25, 0.3) is 0 Å². The molecule has 0 heterocycles. The maximum absolute atomic E-state index is 11.4. The molecule has 0 bridgehead atoms. The average molecular weight is 218 g/mol. The van der Waals surface area contributed by atoms with E-state index >= 15 is 0 Å². The predicted molar refractivity (Wildman–Crippen MR) is 63.7 cm³/mol. The van der Waals surface area contributed by atoms with Crippen LogP contribution in [0.2, 0.25) is 0 Å². The number of rotatable bonds is 7. The first kappa shape index (κ1) is 13.8. The number of hydrogen-bond acceptors (Lipinski definition) is 3. The maximum atomic E-state index is 11.4. The van der Waals surface area contributed by atoms with Crippen molar-refractivity contribution in [3.05, 3.63) is 0 Å². The third kappa shape index (κ3) is 5.50. The number of carbonyl (C=O) groups is 1. The van der Waals surface area contributed by atoms with Gasteiger partial charge >= 0.3 is 0 Å². The Labute approximate surface area is 91.4 Å². The number of nitrogens with one attached hydrogen (secondary N) is 2. The molecule has 14 heavy (non-hydrogen) atoms. The number of hydrogen-bond donors (Lipinski definition) is 2. The van der Waals surface area contributed by atoms with Crippen LogP contribution in [-0.4, -0.2) is 38.1 Å². The van der Waals surface area contributed by atoms with Crippen molar-refractivity contribution in [1.82, 2.24) is 10.6 Å². The van der Waals surface area contributed by atoms with Gasteiger partial charge in [-0.25, -0.2) is 0 Å². The lowest BCUT2D eigenvalue weighted by Gasteiger charge is -2.22. The molecule has 0 aliphatic heterocycles. The third-order valence-electron chi connectivity index (χ3n) is 2.11. The second-order valence-corrected chi connectivity index (χ2v) is 4.97. The quantitative estimate of drug-likeness (QED) is 0.629. The Morgan fingerprint density at radius 1 is 1.43 bits per heavy atom. The highest BCUT2D eigenvalue weighted by Gasteiger charge is 2.25. The second kappa shape index (κ2) is 7.12. The van der Waals surface area contributed by atoms with Gasteiger partial charge in [-0.1, -0.05) is 0 Å². The molecule has 3 nitrogen and oxygen atoms in total. The third-order valence-corrected chi connectivity index (χ3v) is 2.81. The molecule has 0 radical (unpaired) electrons. The van der Waals surface area contributed by atoms with Crippen molar-refractivity contribution >= 4 is 17.7 Å². The van der Waals surface area contributed by atoms with E-state index in [1.807, 2.05) is 25.6 Å². The summed E-state index contributed by atoms with van der Waals surface area (Å²) in [5, 5.41) is 5.98. The molecule has 0 saturated heterocycles. The lowest BCUT2D eigenvalue weighted by Crippen LogP contribution is -2.42. The second-order valence-electron chi connectivity index (χ2n) is 3.99. The summed E-state index contributed by atoms with van der Waals surface area (Å²) < 4.78 is 0. The van der Waals surface area contributed by atoms with Crippen LogP contribution in [0.1, 0.15) is 20.3 Å². The van der Waals surface area contributed by atoms with E-state index in [0.29, 0.717) is 0 Å². The first-order chi connectivity index (χ1) is 6.54. The van der Waals surface area contributed by atoms with Crippen LogP contribution in [0.15, 0.2) is 0 Å². The first-order valence-corrected chi connectivity index (χ1v) is 6.36. The van der Waals surface area contributed by atoms with Gasteiger partial charge in [-0.2, -0.15) is 11.8 Å². The lowest BCUT2D eigenvalue weighted by molar-refractivity contribution is -0.128. The van der Waals surface area contributed by atoms with Crippen LogP contribution in [0.3, 0.4) is 0 Å². The van der Waals surface area contributed by atoms with E-state index in [9.17, 15) is 4.79 Å². The monoisotopic (exact) mass is 218 g/mol. The zero-order valence-electron chi connectivity index (χ0n) is 9.64. The Bertz CT molecular complexity index is 172. The first-order valence-electron chi connectivity index (χ1n) is 4.96. The van der Waals surface area contributed by atoms with Crippen LogP contribution in [0.4, 0.5) is 0 Å². The van der Waals surface area contributed by atoms with Gasteiger partial charge < -0.3 is 10.6 Å². The van der Waals surface area contributed by atoms with E-state index in [1.54, 1.807) is 7.05 Å². The standard InChI is InChI=1S/C10H22N2OS/c1-10(2,9(13)11-3)8-12-6-5-7-14-4/h12H,5-8H2,1-4H3,(H,11,13). The Morgan fingerprint density at radius 3 is 2.57 bits per heavy atom. The van der Waals surface area contributed by atoms with Gasteiger partial charge in [-0.3, -0.25) is 4.79 Å². The van der Waals surface area contributed by atoms with Gasteiger partial charge in [-0.15, -0.1) is 0 Å². The molecule has 0 spiro atoms. The van der Waals surface area contributed by atoms with Crippen molar-refractivity contribution in [2.45, 2.75) is 20.3 Å². The normalized spacial score (nSPS) is 11.4. The van der Waals surface area contributed by atoms with Crippen molar-refractivity contribution in [3.63, 3.8) is 0 Å². The minimum Gasteiger partial charge on any atom is -0.359 e. The molecule has 0 aliphatic rings. The minimum atomic E-state index is -0.311. The Kier molecular flexibility index (Phi) is 7.01. The van der Waals surface area contributed by atoms with Crippen LogP contribution in [0, 0.1) is 5.41 Å². The van der Waals surface area contributed by atoms with Gasteiger partial charge in [0.05, 0.1) is 5.41 Å². The summed E-state index contributed by atoms with van der Waals surface area (Å²) in [7, 11) is 1.68. The van der Waals surface area contributed by atoms with Crippen molar-refractivity contribution in [3.8, 4) is 0 Å². The summed E-state index contributed by atoms with van der Waals surface area (Å²) in [6, 6.07) is 0. The van der Waals surface area contributed by atoms with Crippen LogP contribution in [0.5, 0.6) is 0 Å². The maximum Gasteiger partial charge on any atom is 0.226 e. The Morgan fingerprint density at radius 2 is 2.07 bits per heavy atom. The van der Waals surface area contributed by atoms with E-state index in [1.165, 1.54) is 5.75 Å². The fourth-order valence-electron chi connectivity index (χ4n) is 1.16. The Hall–Kier alpha value is -0.220. The summed E-state index contributed by atoms with van der Waals surface area (Å²) in [5.74, 6) is 1.27. The molecule has 0 aromatic heterocycles. The van der Waals surface area contributed by atoms with Gasteiger partial charge in [-0.05, 0) is 38.8 Å². The molecular weight excluding hydrogens is 196 g/mol. The van der Waals surface area contributed by atoms with Gasteiger partial charge in [0.2, 0.25) is 5.91 Å². The van der Waals surface area contributed by atoms with E-state index in [0.717, 1.165) is 19.5 Å². The molecular formula is C10H22N2OS. The van der Waals surface area contributed by atoms with Gasteiger partial charge in [0.25, 0.3) is 0 Å². The summed E-state index contributed by atoms with van der Waals surface area (Å²) in [5.41, 5.74) is -0.311. The molecule has 0 aliphatic carbocycles. The van der Waals surface area contributed by atoms with E-state index < -0.39 is 0 Å². The Balaban J connectivity index is 3.60. The summed E-state index contributed by atoms with van der Waals surface area (Å²) in [6.07, 6.45) is 3.26. The van der Waals surface area contributed by atoms with E-state index in [-0.39, 0.29) is 11.3 Å². The van der Waals surface area contributed by atoms with E-state index in [4.69, 9.17) is 0 Å². The highest BCUT2D eigenvalue weighted by atomic mass is 32.2. The molecule has 0 aromatic carbocycles. The van der Waals surface area contributed by atoms with Crippen molar-refractivity contribution in [2.75, 3.05) is 32.1 Å². The highest BCUT2D eigenvalue weighted by molar-refractivity contribution is 7.98. The fourth-order valence-corrected chi connectivity index (χ4v) is 1.59. The largest absolute Gasteiger partial charge is 0.359 e. The van der Waals surface area contributed by atoms with Gasteiger partial charge in [0.15, 0.2) is 0 Å². The molecule has 4 heteroatoms. The van der Waals surface area contributed by atoms with Gasteiger partial charge in [0, 0.05) is 13.6 Å². The number of amides is 1. The van der Waals surface area contributed by atoms with Crippen LogP contribution >= 0.6 is 11.8 Å². The fraction of sp³-hybridized carbons (Fsp3) is 0.900. The van der Waals surface area contributed by atoms with Crippen molar-refractivity contribution in [1.29, 1.82) is 0 Å². The summed E-state index contributed by atoms with van der Waals surface area (Å²) >= 11 is 1.85.